The zero-order valence-corrected chi connectivity index (χ0v) is 10.9. The Labute approximate surface area is 110 Å². The lowest BCUT2D eigenvalue weighted by atomic mass is 9.93. The molecule has 0 aromatic heterocycles. The van der Waals surface area contributed by atoms with Gasteiger partial charge in [0.25, 0.3) is 0 Å². The van der Waals surface area contributed by atoms with Crippen LogP contribution in [0.1, 0.15) is 19.4 Å². The molecule has 1 aromatic rings. The SMILES string of the molecule is CC1(C)OC[C@H](Cc2ccccc2)[C@@H](C(F)(F)F)O1. The van der Waals surface area contributed by atoms with Crippen LogP contribution in [0.4, 0.5) is 13.2 Å². The summed E-state index contributed by atoms with van der Waals surface area (Å²) in [7, 11) is 0. The minimum absolute atomic E-state index is 0.0477. The van der Waals surface area contributed by atoms with E-state index in [9.17, 15) is 13.2 Å². The number of rotatable bonds is 2. The molecular formula is C14H17F3O2. The molecule has 1 fully saturated rings. The minimum Gasteiger partial charge on any atom is -0.350 e. The highest BCUT2D eigenvalue weighted by atomic mass is 19.4. The van der Waals surface area contributed by atoms with Crippen molar-refractivity contribution in [3.63, 3.8) is 0 Å². The Kier molecular flexibility index (Phi) is 3.87. The van der Waals surface area contributed by atoms with E-state index in [1.54, 1.807) is 0 Å². The molecule has 5 heteroatoms. The molecule has 0 spiro atoms. The topological polar surface area (TPSA) is 18.5 Å². The lowest BCUT2D eigenvalue weighted by Gasteiger charge is -2.41. The molecule has 1 saturated heterocycles. The van der Waals surface area contributed by atoms with Crippen molar-refractivity contribution in [1.29, 1.82) is 0 Å². The molecule has 0 unspecified atom stereocenters. The largest absolute Gasteiger partial charge is 0.415 e. The van der Waals surface area contributed by atoms with Gasteiger partial charge in [-0.25, -0.2) is 0 Å². The van der Waals surface area contributed by atoms with E-state index in [1.807, 2.05) is 30.3 Å². The van der Waals surface area contributed by atoms with Crippen molar-refractivity contribution in [2.75, 3.05) is 6.61 Å². The van der Waals surface area contributed by atoms with Gasteiger partial charge in [-0.05, 0) is 25.8 Å². The summed E-state index contributed by atoms with van der Waals surface area (Å²) in [6.07, 6.45) is -5.86. The highest BCUT2D eigenvalue weighted by Gasteiger charge is 2.51. The van der Waals surface area contributed by atoms with E-state index in [-0.39, 0.29) is 6.61 Å². The van der Waals surface area contributed by atoms with Crippen LogP contribution in [0.25, 0.3) is 0 Å². The molecule has 1 aliphatic rings. The first kappa shape index (κ1) is 14.3. The molecule has 2 atom stereocenters. The van der Waals surface area contributed by atoms with Crippen molar-refractivity contribution in [3.05, 3.63) is 35.9 Å². The Morgan fingerprint density at radius 3 is 2.42 bits per heavy atom. The molecule has 0 saturated carbocycles. The summed E-state index contributed by atoms with van der Waals surface area (Å²) in [4.78, 5) is 0. The van der Waals surface area contributed by atoms with Gasteiger partial charge in [-0.3, -0.25) is 0 Å². The predicted octanol–water partition coefficient (Wildman–Crippen LogP) is 3.56. The second kappa shape index (κ2) is 5.13. The molecule has 0 radical (unpaired) electrons. The summed E-state index contributed by atoms with van der Waals surface area (Å²) in [5, 5.41) is 0. The Morgan fingerprint density at radius 2 is 1.84 bits per heavy atom. The zero-order chi connectivity index (χ0) is 14.1. The predicted molar refractivity (Wildman–Crippen MR) is 64.6 cm³/mol. The molecule has 0 amide bonds. The van der Waals surface area contributed by atoms with Crippen molar-refractivity contribution in [2.45, 2.75) is 38.3 Å². The van der Waals surface area contributed by atoms with Crippen LogP contribution >= 0.6 is 0 Å². The Bertz CT molecular complexity index is 414. The van der Waals surface area contributed by atoms with E-state index in [2.05, 4.69) is 0 Å². The third-order valence-electron chi connectivity index (χ3n) is 3.15. The summed E-state index contributed by atoms with van der Waals surface area (Å²) in [6.45, 7) is 3.06. The molecule has 106 valence electrons. The number of ether oxygens (including phenoxy) is 2. The van der Waals surface area contributed by atoms with Gasteiger partial charge in [0.05, 0.1) is 6.61 Å². The quantitative estimate of drug-likeness (QED) is 0.821. The first-order chi connectivity index (χ1) is 8.78. The van der Waals surface area contributed by atoms with Crippen LogP contribution in [0.5, 0.6) is 0 Å². The van der Waals surface area contributed by atoms with Crippen LogP contribution in [0, 0.1) is 5.92 Å². The van der Waals surface area contributed by atoms with E-state index in [1.165, 1.54) is 13.8 Å². The standard InChI is InChI=1S/C14H17F3O2/c1-13(2)18-9-11(12(19-13)14(15,16)17)8-10-6-4-3-5-7-10/h3-7,11-12H,8-9H2,1-2H3/t11-,12-/m0/s1. The summed E-state index contributed by atoms with van der Waals surface area (Å²) in [5.74, 6) is -1.90. The van der Waals surface area contributed by atoms with Crippen molar-refractivity contribution in [2.24, 2.45) is 5.92 Å². The maximum absolute atomic E-state index is 13.1. The maximum Gasteiger partial charge on any atom is 0.415 e. The van der Waals surface area contributed by atoms with Gasteiger partial charge in [0.2, 0.25) is 0 Å². The van der Waals surface area contributed by atoms with Crippen LogP contribution in [0.15, 0.2) is 30.3 Å². The monoisotopic (exact) mass is 274 g/mol. The van der Waals surface area contributed by atoms with Crippen LogP contribution < -0.4 is 0 Å². The summed E-state index contributed by atoms with van der Waals surface area (Å²) in [5.41, 5.74) is 0.855. The van der Waals surface area contributed by atoms with Gasteiger partial charge in [0, 0.05) is 5.92 Å². The molecule has 2 rings (SSSR count). The molecule has 1 heterocycles. The average molecular weight is 274 g/mol. The number of hydrogen-bond donors (Lipinski definition) is 0. The molecule has 0 bridgehead atoms. The first-order valence-electron chi connectivity index (χ1n) is 6.20. The highest BCUT2D eigenvalue weighted by Crippen LogP contribution is 2.37. The fraction of sp³-hybridized carbons (Fsp3) is 0.571. The van der Waals surface area contributed by atoms with E-state index in [0.717, 1.165) is 5.56 Å². The molecular weight excluding hydrogens is 257 g/mol. The zero-order valence-electron chi connectivity index (χ0n) is 10.9. The number of alkyl halides is 3. The van der Waals surface area contributed by atoms with E-state index >= 15 is 0 Å². The number of hydrogen-bond acceptors (Lipinski definition) is 2. The number of benzene rings is 1. The van der Waals surface area contributed by atoms with E-state index in [0.29, 0.717) is 6.42 Å². The van der Waals surface area contributed by atoms with E-state index < -0.39 is 24.0 Å². The van der Waals surface area contributed by atoms with Gasteiger partial charge in [-0.2, -0.15) is 13.2 Å². The number of halogens is 3. The van der Waals surface area contributed by atoms with Crippen LogP contribution in [-0.4, -0.2) is 24.7 Å². The fourth-order valence-electron chi connectivity index (χ4n) is 2.25. The van der Waals surface area contributed by atoms with Gasteiger partial charge in [-0.15, -0.1) is 0 Å². The molecule has 0 aliphatic carbocycles. The lowest BCUT2D eigenvalue weighted by Crippen LogP contribution is -2.52. The summed E-state index contributed by atoms with van der Waals surface area (Å²) >= 11 is 0. The maximum atomic E-state index is 13.1. The molecule has 19 heavy (non-hydrogen) atoms. The third-order valence-corrected chi connectivity index (χ3v) is 3.15. The second-order valence-corrected chi connectivity index (χ2v) is 5.24. The highest BCUT2D eigenvalue weighted by molar-refractivity contribution is 5.15. The normalized spacial score (nSPS) is 27.2. The molecule has 0 N–H and O–H groups in total. The molecule has 1 aromatic carbocycles. The summed E-state index contributed by atoms with van der Waals surface area (Å²) in [6, 6.07) is 9.08. The second-order valence-electron chi connectivity index (χ2n) is 5.24. The van der Waals surface area contributed by atoms with Crippen LogP contribution in [-0.2, 0) is 15.9 Å². The minimum atomic E-state index is -4.37. The Balaban J connectivity index is 2.14. The van der Waals surface area contributed by atoms with Crippen LogP contribution in [0.2, 0.25) is 0 Å². The van der Waals surface area contributed by atoms with Crippen molar-refractivity contribution in [3.8, 4) is 0 Å². The van der Waals surface area contributed by atoms with Gasteiger partial charge in [0.1, 0.15) is 0 Å². The average Bonchev–Trinajstić information content (AvgIpc) is 2.31. The summed E-state index contributed by atoms with van der Waals surface area (Å²) < 4.78 is 49.6. The van der Waals surface area contributed by atoms with Gasteiger partial charge in [-0.1, -0.05) is 30.3 Å². The van der Waals surface area contributed by atoms with Gasteiger partial charge >= 0.3 is 6.18 Å². The van der Waals surface area contributed by atoms with Gasteiger partial charge in [0.15, 0.2) is 11.9 Å². The van der Waals surface area contributed by atoms with Gasteiger partial charge < -0.3 is 9.47 Å². The Morgan fingerprint density at radius 1 is 1.21 bits per heavy atom. The smallest absolute Gasteiger partial charge is 0.350 e. The van der Waals surface area contributed by atoms with Crippen molar-refractivity contribution in [1.82, 2.24) is 0 Å². The fourth-order valence-corrected chi connectivity index (χ4v) is 2.25. The van der Waals surface area contributed by atoms with Crippen molar-refractivity contribution >= 4 is 0 Å². The van der Waals surface area contributed by atoms with E-state index in [4.69, 9.17) is 9.47 Å². The Hall–Kier alpha value is -1.07. The lowest BCUT2D eigenvalue weighted by molar-refractivity contribution is -0.355. The van der Waals surface area contributed by atoms with Crippen LogP contribution in [0.3, 0.4) is 0 Å². The molecule has 1 aliphatic heterocycles. The molecule has 2 nitrogen and oxygen atoms in total. The third kappa shape index (κ3) is 3.70. The first-order valence-corrected chi connectivity index (χ1v) is 6.20. The van der Waals surface area contributed by atoms with Crippen molar-refractivity contribution < 1.29 is 22.6 Å².